The Morgan fingerprint density at radius 3 is 2.04 bits per heavy atom. The molecule has 2 aliphatic heterocycles. The number of likely N-dealkylation sites (tertiary alicyclic amines) is 1. The van der Waals surface area contributed by atoms with E-state index in [0.717, 1.165) is 31.9 Å². The van der Waals surface area contributed by atoms with Crippen LogP contribution in [0.3, 0.4) is 0 Å². The minimum Gasteiger partial charge on any atom is -0.497 e. The Bertz CT molecular complexity index is 682. The third-order valence-corrected chi connectivity index (χ3v) is 5.75. The number of carbonyl (C=O) groups excluding carboxylic acids is 2. The topological polar surface area (TPSA) is 53.1 Å². The zero-order chi connectivity index (χ0) is 18.1. The molecule has 0 aromatic heterocycles. The predicted octanol–water partition coefficient (Wildman–Crippen LogP) is 1.73. The molecule has 1 aliphatic carbocycles. The molecule has 138 valence electrons. The third kappa shape index (κ3) is 3.09. The van der Waals surface area contributed by atoms with E-state index >= 15 is 0 Å². The smallest absolute Gasteiger partial charge is 0.234 e. The van der Waals surface area contributed by atoms with E-state index in [-0.39, 0.29) is 23.7 Å². The van der Waals surface area contributed by atoms with Crippen LogP contribution in [0.5, 0.6) is 5.75 Å². The van der Waals surface area contributed by atoms with Crippen molar-refractivity contribution in [2.75, 3.05) is 44.9 Å². The van der Waals surface area contributed by atoms with Gasteiger partial charge in [0.2, 0.25) is 11.8 Å². The van der Waals surface area contributed by atoms with Crippen LogP contribution in [-0.2, 0) is 9.59 Å². The summed E-state index contributed by atoms with van der Waals surface area (Å²) in [4.78, 5) is 31.2. The molecule has 2 fully saturated rings. The molecule has 0 unspecified atom stereocenters. The molecule has 0 bridgehead atoms. The van der Waals surface area contributed by atoms with Gasteiger partial charge in [0.25, 0.3) is 0 Å². The SMILES string of the molecule is COc1ccc(N2CCN(CN3C(=O)[C@@H]4CC=CC[C@H]4C3=O)CC2)cc1. The largest absolute Gasteiger partial charge is 0.497 e. The highest BCUT2D eigenvalue weighted by molar-refractivity contribution is 6.05. The Kier molecular flexibility index (Phi) is 4.68. The number of fused-ring (bicyclic) bond motifs is 1. The highest BCUT2D eigenvalue weighted by Crippen LogP contribution is 2.35. The van der Waals surface area contributed by atoms with Gasteiger partial charge in [0, 0.05) is 31.9 Å². The average molecular weight is 355 g/mol. The van der Waals surface area contributed by atoms with Crippen molar-refractivity contribution in [1.29, 1.82) is 0 Å². The molecule has 2 heterocycles. The molecule has 26 heavy (non-hydrogen) atoms. The Hall–Kier alpha value is -2.34. The zero-order valence-electron chi connectivity index (χ0n) is 15.1. The maximum absolute atomic E-state index is 12.6. The summed E-state index contributed by atoms with van der Waals surface area (Å²) in [5.74, 6) is 0.624. The fourth-order valence-corrected chi connectivity index (χ4v) is 4.15. The molecule has 2 amide bonds. The number of anilines is 1. The maximum Gasteiger partial charge on any atom is 0.234 e. The molecule has 6 heteroatoms. The number of imide groups is 1. The molecule has 3 aliphatic rings. The summed E-state index contributed by atoms with van der Waals surface area (Å²) in [6.07, 6.45) is 5.47. The summed E-state index contributed by atoms with van der Waals surface area (Å²) in [7, 11) is 1.67. The summed E-state index contributed by atoms with van der Waals surface area (Å²) in [5.41, 5.74) is 1.18. The average Bonchev–Trinajstić information content (AvgIpc) is 2.94. The van der Waals surface area contributed by atoms with E-state index in [2.05, 4.69) is 21.9 Å². The fraction of sp³-hybridized carbons (Fsp3) is 0.500. The van der Waals surface area contributed by atoms with Gasteiger partial charge in [0.1, 0.15) is 5.75 Å². The summed E-state index contributed by atoms with van der Waals surface area (Å²) < 4.78 is 5.21. The molecule has 1 aromatic carbocycles. The molecular weight excluding hydrogens is 330 g/mol. The van der Waals surface area contributed by atoms with Gasteiger partial charge in [-0.1, -0.05) is 12.2 Å². The molecule has 0 saturated carbocycles. The van der Waals surface area contributed by atoms with Gasteiger partial charge in [-0.25, -0.2) is 0 Å². The number of amides is 2. The van der Waals surface area contributed by atoms with Crippen LogP contribution >= 0.6 is 0 Å². The lowest BCUT2D eigenvalue weighted by Gasteiger charge is -2.37. The lowest BCUT2D eigenvalue weighted by molar-refractivity contribution is -0.142. The molecule has 2 atom stereocenters. The minimum atomic E-state index is -0.131. The van der Waals surface area contributed by atoms with Crippen LogP contribution < -0.4 is 9.64 Å². The lowest BCUT2D eigenvalue weighted by Crippen LogP contribution is -2.51. The van der Waals surface area contributed by atoms with E-state index in [9.17, 15) is 9.59 Å². The van der Waals surface area contributed by atoms with E-state index in [1.165, 1.54) is 10.6 Å². The summed E-state index contributed by atoms with van der Waals surface area (Å²) >= 11 is 0. The van der Waals surface area contributed by atoms with Crippen molar-refractivity contribution in [3.63, 3.8) is 0 Å². The number of hydrogen-bond donors (Lipinski definition) is 0. The van der Waals surface area contributed by atoms with Crippen LogP contribution in [0, 0.1) is 11.8 Å². The first-order valence-corrected chi connectivity index (χ1v) is 9.29. The van der Waals surface area contributed by atoms with Crippen molar-refractivity contribution in [2.45, 2.75) is 12.8 Å². The van der Waals surface area contributed by atoms with Crippen molar-refractivity contribution in [3.05, 3.63) is 36.4 Å². The first kappa shape index (κ1) is 17.1. The highest BCUT2D eigenvalue weighted by atomic mass is 16.5. The van der Waals surface area contributed by atoms with Gasteiger partial charge >= 0.3 is 0 Å². The van der Waals surface area contributed by atoms with Gasteiger partial charge in [-0.05, 0) is 37.1 Å². The Morgan fingerprint density at radius 2 is 1.50 bits per heavy atom. The molecule has 6 nitrogen and oxygen atoms in total. The van der Waals surface area contributed by atoms with Crippen LogP contribution in [0.15, 0.2) is 36.4 Å². The van der Waals surface area contributed by atoms with Crippen molar-refractivity contribution in [1.82, 2.24) is 9.80 Å². The van der Waals surface area contributed by atoms with Crippen LogP contribution in [0.1, 0.15) is 12.8 Å². The van der Waals surface area contributed by atoms with E-state index in [1.807, 2.05) is 24.3 Å². The number of ether oxygens (including phenoxy) is 1. The second kappa shape index (κ2) is 7.11. The van der Waals surface area contributed by atoms with Crippen LogP contribution in [0.2, 0.25) is 0 Å². The van der Waals surface area contributed by atoms with Crippen molar-refractivity contribution in [2.24, 2.45) is 11.8 Å². The number of benzene rings is 1. The Balaban J connectivity index is 1.34. The van der Waals surface area contributed by atoms with E-state index in [4.69, 9.17) is 4.74 Å². The van der Waals surface area contributed by atoms with Gasteiger partial charge in [-0.3, -0.25) is 19.4 Å². The second-order valence-corrected chi connectivity index (χ2v) is 7.20. The lowest BCUT2D eigenvalue weighted by atomic mass is 9.85. The summed E-state index contributed by atoms with van der Waals surface area (Å²) in [5, 5.41) is 0. The number of methoxy groups -OCH3 is 1. The Morgan fingerprint density at radius 1 is 0.923 bits per heavy atom. The molecular formula is C20H25N3O3. The first-order valence-electron chi connectivity index (χ1n) is 9.29. The molecule has 0 spiro atoms. The summed E-state index contributed by atoms with van der Waals surface area (Å²) in [6, 6.07) is 8.08. The van der Waals surface area contributed by atoms with Gasteiger partial charge in [-0.15, -0.1) is 0 Å². The van der Waals surface area contributed by atoms with E-state index < -0.39 is 0 Å². The monoisotopic (exact) mass is 355 g/mol. The van der Waals surface area contributed by atoms with Gasteiger partial charge in [-0.2, -0.15) is 0 Å². The van der Waals surface area contributed by atoms with E-state index in [0.29, 0.717) is 19.5 Å². The third-order valence-electron chi connectivity index (χ3n) is 5.75. The maximum atomic E-state index is 12.6. The van der Waals surface area contributed by atoms with Crippen molar-refractivity contribution >= 4 is 17.5 Å². The second-order valence-electron chi connectivity index (χ2n) is 7.20. The van der Waals surface area contributed by atoms with Gasteiger partial charge in [0.15, 0.2) is 0 Å². The number of nitrogens with zero attached hydrogens (tertiary/aromatic N) is 3. The molecule has 2 saturated heterocycles. The van der Waals surface area contributed by atoms with E-state index in [1.54, 1.807) is 7.11 Å². The number of hydrogen-bond acceptors (Lipinski definition) is 5. The number of piperazine rings is 1. The predicted molar refractivity (Wildman–Crippen MR) is 98.9 cm³/mol. The van der Waals surface area contributed by atoms with Crippen LogP contribution in [-0.4, -0.2) is 61.6 Å². The first-order chi connectivity index (χ1) is 12.7. The molecule has 0 radical (unpaired) electrons. The van der Waals surface area contributed by atoms with Crippen LogP contribution in [0.4, 0.5) is 5.69 Å². The molecule has 0 N–H and O–H groups in total. The van der Waals surface area contributed by atoms with Crippen molar-refractivity contribution in [3.8, 4) is 5.75 Å². The van der Waals surface area contributed by atoms with Crippen molar-refractivity contribution < 1.29 is 14.3 Å². The molecule has 4 rings (SSSR count). The number of allylic oxidation sites excluding steroid dienone is 2. The van der Waals surface area contributed by atoms with Gasteiger partial charge < -0.3 is 9.64 Å². The quantitative estimate of drug-likeness (QED) is 0.608. The number of rotatable bonds is 4. The highest BCUT2D eigenvalue weighted by Gasteiger charge is 2.47. The van der Waals surface area contributed by atoms with Crippen LogP contribution in [0.25, 0.3) is 0 Å². The van der Waals surface area contributed by atoms with Gasteiger partial charge in [0.05, 0.1) is 25.6 Å². The Labute approximate surface area is 154 Å². The fourth-order valence-electron chi connectivity index (χ4n) is 4.15. The standard InChI is InChI=1S/C20H25N3O3/c1-26-16-8-6-15(7-9-16)22-12-10-21(11-13-22)14-23-19(24)17-4-2-3-5-18(17)20(23)25/h2-3,6-9,17-18H,4-5,10-14H2,1H3/t17-,18-/m1/s1. The zero-order valence-corrected chi connectivity index (χ0v) is 15.1. The summed E-state index contributed by atoms with van der Waals surface area (Å²) in [6.45, 7) is 3.89. The molecule has 1 aromatic rings. The number of carbonyl (C=O) groups is 2. The normalized spacial score (nSPS) is 26.3. The minimum absolute atomic E-state index is 0.0157.